The van der Waals surface area contributed by atoms with Crippen LogP contribution in [0, 0.1) is 0 Å². The number of piperidine rings is 1. The molecule has 0 radical (unpaired) electrons. The molecule has 3 N–H and O–H groups in total. The lowest BCUT2D eigenvalue weighted by Gasteiger charge is -2.30. The summed E-state index contributed by atoms with van der Waals surface area (Å²) in [5, 5.41) is 15.9. The molecule has 1 atom stereocenters. The topological polar surface area (TPSA) is 64.6 Å². The van der Waals surface area contributed by atoms with Crippen molar-refractivity contribution >= 4 is 5.91 Å². The first-order valence-corrected chi connectivity index (χ1v) is 8.70. The third-order valence-electron chi connectivity index (χ3n) is 4.90. The Morgan fingerprint density at radius 1 is 1.22 bits per heavy atom. The zero-order chi connectivity index (χ0) is 16.1. The Morgan fingerprint density at radius 2 is 1.96 bits per heavy atom. The van der Waals surface area contributed by atoms with Crippen LogP contribution in [0.15, 0.2) is 24.3 Å². The van der Waals surface area contributed by atoms with Gasteiger partial charge in [0.15, 0.2) is 0 Å². The van der Waals surface area contributed by atoms with E-state index in [2.05, 4.69) is 33.7 Å². The molecular formula is C18H27N3O2. The summed E-state index contributed by atoms with van der Waals surface area (Å²) in [6.45, 7) is 4.29. The molecule has 3 rings (SSSR count). The molecule has 2 aliphatic rings. The molecule has 1 amide bonds. The Hall–Kier alpha value is -1.43. The molecule has 126 valence electrons. The number of aliphatic hydroxyl groups excluding tert-OH is 1. The van der Waals surface area contributed by atoms with Gasteiger partial charge in [-0.2, -0.15) is 0 Å². The molecular weight excluding hydrogens is 290 g/mol. The van der Waals surface area contributed by atoms with Crippen molar-refractivity contribution in [2.75, 3.05) is 19.6 Å². The van der Waals surface area contributed by atoms with E-state index in [-0.39, 0.29) is 18.1 Å². The average molecular weight is 317 g/mol. The summed E-state index contributed by atoms with van der Waals surface area (Å²) in [4.78, 5) is 14.5. The third kappa shape index (κ3) is 4.53. The number of amides is 1. The second-order valence-corrected chi connectivity index (χ2v) is 6.64. The third-order valence-corrected chi connectivity index (χ3v) is 4.90. The van der Waals surface area contributed by atoms with Crippen LogP contribution in [0.4, 0.5) is 0 Å². The SMILES string of the molecule is O=C(NCc1ccccc1CN1CCC(O)CC1)[C@@H]1CCCN1. The molecule has 5 heteroatoms. The number of carbonyl (C=O) groups excluding carboxylic acids is 1. The van der Waals surface area contributed by atoms with E-state index >= 15 is 0 Å². The number of rotatable bonds is 5. The van der Waals surface area contributed by atoms with Crippen molar-refractivity contribution in [3.05, 3.63) is 35.4 Å². The molecule has 0 bridgehead atoms. The van der Waals surface area contributed by atoms with Gasteiger partial charge in [0.05, 0.1) is 12.1 Å². The summed E-state index contributed by atoms with van der Waals surface area (Å²) in [5.41, 5.74) is 2.45. The van der Waals surface area contributed by atoms with Crippen LogP contribution in [0.25, 0.3) is 0 Å². The lowest BCUT2D eigenvalue weighted by Crippen LogP contribution is -2.40. The van der Waals surface area contributed by atoms with Crippen molar-refractivity contribution in [1.29, 1.82) is 0 Å². The first-order valence-electron chi connectivity index (χ1n) is 8.70. The van der Waals surface area contributed by atoms with E-state index in [1.165, 1.54) is 11.1 Å². The van der Waals surface area contributed by atoms with Gasteiger partial charge in [0, 0.05) is 26.2 Å². The van der Waals surface area contributed by atoms with E-state index in [4.69, 9.17) is 0 Å². The second-order valence-electron chi connectivity index (χ2n) is 6.64. The minimum atomic E-state index is -0.139. The number of hydrogen-bond donors (Lipinski definition) is 3. The smallest absolute Gasteiger partial charge is 0.237 e. The van der Waals surface area contributed by atoms with Gasteiger partial charge in [-0.15, -0.1) is 0 Å². The maximum Gasteiger partial charge on any atom is 0.237 e. The largest absolute Gasteiger partial charge is 0.393 e. The fourth-order valence-corrected chi connectivity index (χ4v) is 3.42. The highest BCUT2D eigenvalue weighted by molar-refractivity contribution is 5.82. The lowest BCUT2D eigenvalue weighted by atomic mass is 10.0. The van der Waals surface area contributed by atoms with Gasteiger partial charge in [0.2, 0.25) is 5.91 Å². The highest BCUT2D eigenvalue weighted by Gasteiger charge is 2.22. The van der Waals surface area contributed by atoms with E-state index in [0.29, 0.717) is 6.54 Å². The van der Waals surface area contributed by atoms with Crippen LogP contribution in [-0.4, -0.2) is 47.7 Å². The van der Waals surface area contributed by atoms with E-state index in [1.54, 1.807) is 0 Å². The van der Waals surface area contributed by atoms with Crippen LogP contribution in [0.3, 0.4) is 0 Å². The molecule has 23 heavy (non-hydrogen) atoms. The van der Waals surface area contributed by atoms with E-state index in [9.17, 15) is 9.90 Å². The Balaban J connectivity index is 1.55. The number of nitrogens with zero attached hydrogens (tertiary/aromatic N) is 1. The summed E-state index contributed by atoms with van der Waals surface area (Å²) >= 11 is 0. The minimum absolute atomic E-state index is 0.0225. The van der Waals surface area contributed by atoms with Gasteiger partial charge < -0.3 is 15.7 Å². The highest BCUT2D eigenvalue weighted by atomic mass is 16.3. The molecule has 0 unspecified atom stereocenters. The molecule has 2 aliphatic heterocycles. The van der Waals surface area contributed by atoms with Gasteiger partial charge in [0.1, 0.15) is 0 Å². The zero-order valence-electron chi connectivity index (χ0n) is 13.6. The predicted molar refractivity (Wildman–Crippen MR) is 89.8 cm³/mol. The second kappa shape index (κ2) is 7.90. The standard InChI is InChI=1S/C18H27N3O2/c22-16-7-10-21(11-8-16)13-15-5-2-1-4-14(15)12-20-18(23)17-6-3-9-19-17/h1-2,4-5,16-17,19,22H,3,6-13H2,(H,20,23)/t17-/m0/s1. The summed E-state index contributed by atoms with van der Waals surface area (Å²) < 4.78 is 0. The first-order chi connectivity index (χ1) is 11.2. The lowest BCUT2D eigenvalue weighted by molar-refractivity contribution is -0.122. The fraction of sp³-hybridized carbons (Fsp3) is 0.611. The molecule has 2 fully saturated rings. The van der Waals surface area contributed by atoms with Gasteiger partial charge in [-0.3, -0.25) is 9.69 Å². The summed E-state index contributed by atoms with van der Waals surface area (Å²) in [7, 11) is 0. The van der Waals surface area contributed by atoms with Gasteiger partial charge in [-0.05, 0) is 43.4 Å². The molecule has 0 aromatic heterocycles. The summed E-state index contributed by atoms with van der Waals surface area (Å²) in [6, 6.07) is 8.29. The van der Waals surface area contributed by atoms with Crippen molar-refractivity contribution < 1.29 is 9.90 Å². The van der Waals surface area contributed by atoms with Crippen LogP contribution in [0.2, 0.25) is 0 Å². The van der Waals surface area contributed by atoms with Crippen LogP contribution in [-0.2, 0) is 17.9 Å². The number of benzene rings is 1. The Bertz CT molecular complexity index is 521. The number of likely N-dealkylation sites (tertiary alicyclic amines) is 1. The molecule has 5 nitrogen and oxygen atoms in total. The van der Waals surface area contributed by atoms with Crippen molar-refractivity contribution in [2.45, 2.75) is 50.9 Å². The molecule has 1 aromatic carbocycles. The molecule has 2 saturated heterocycles. The normalized spacial score (nSPS) is 23.1. The van der Waals surface area contributed by atoms with Crippen molar-refractivity contribution in [2.24, 2.45) is 0 Å². The minimum Gasteiger partial charge on any atom is -0.393 e. The Labute approximate surface area is 138 Å². The van der Waals surface area contributed by atoms with E-state index in [0.717, 1.165) is 51.9 Å². The predicted octanol–water partition coefficient (Wildman–Crippen LogP) is 1.01. The first kappa shape index (κ1) is 16.4. The maximum atomic E-state index is 12.1. The van der Waals surface area contributed by atoms with E-state index < -0.39 is 0 Å². The molecule has 2 heterocycles. The van der Waals surface area contributed by atoms with Crippen LogP contribution < -0.4 is 10.6 Å². The Morgan fingerprint density at radius 3 is 2.65 bits per heavy atom. The zero-order valence-corrected chi connectivity index (χ0v) is 13.6. The van der Waals surface area contributed by atoms with Crippen LogP contribution in [0.5, 0.6) is 0 Å². The van der Waals surface area contributed by atoms with Crippen LogP contribution >= 0.6 is 0 Å². The average Bonchev–Trinajstić information content (AvgIpc) is 3.10. The van der Waals surface area contributed by atoms with Crippen LogP contribution in [0.1, 0.15) is 36.8 Å². The molecule has 0 aliphatic carbocycles. The van der Waals surface area contributed by atoms with Gasteiger partial charge in [-0.1, -0.05) is 24.3 Å². The van der Waals surface area contributed by atoms with Gasteiger partial charge >= 0.3 is 0 Å². The molecule has 0 spiro atoms. The van der Waals surface area contributed by atoms with Gasteiger partial charge in [0.25, 0.3) is 0 Å². The summed E-state index contributed by atoms with van der Waals surface area (Å²) in [6.07, 6.45) is 3.58. The monoisotopic (exact) mass is 317 g/mol. The maximum absolute atomic E-state index is 12.1. The van der Waals surface area contributed by atoms with Crippen molar-refractivity contribution in [3.8, 4) is 0 Å². The molecule has 1 aromatic rings. The van der Waals surface area contributed by atoms with Gasteiger partial charge in [-0.25, -0.2) is 0 Å². The van der Waals surface area contributed by atoms with Crippen molar-refractivity contribution in [3.63, 3.8) is 0 Å². The van der Waals surface area contributed by atoms with E-state index in [1.807, 2.05) is 6.07 Å². The number of hydrogen-bond acceptors (Lipinski definition) is 4. The summed E-state index contributed by atoms with van der Waals surface area (Å²) in [5.74, 6) is 0.110. The fourth-order valence-electron chi connectivity index (χ4n) is 3.42. The number of nitrogens with one attached hydrogen (secondary N) is 2. The van der Waals surface area contributed by atoms with Crippen molar-refractivity contribution in [1.82, 2.24) is 15.5 Å². The quantitative estimate of drug-likeness (QED) is 0.758. The Kier molecular flexibility index (Phi) is 5.65. The number of carbonyl (C=O) groups is 1. The highest BCUT2D eigenvalue weighted by Crippen LogP contribution is 2.16. The molecule has 0 saturated carbocycles. The number of aliphatic hydroxyl groups is 1.